The molecule has 100 valence electrons. The van der Waals surface area contributed by atoms with E-state index in [9.17, 15) is 13.5 Å². The fourth-order valence-corrected chi connectivity index (χ4v) is 3.79. The molecule has 1 heterocycles. The van der Waals surface area contributed by atoms with Gasteiger partial charge in [-0.1, -0.05) is 12.1 Å². The third-order valence-electron chi connectivity index (χ3n) is 3.37. The van der Waals surface area contributed by atoms with Crippen molar-refractivity contribution in [3.05, 3.63) is 36.7 Å². The van der Waals surface area contributed by atoms with E-state index in [1.165, 1.54) is 0 Å². The van der Waals surface area contributed by atoms with Crippen molar-refractivity contribution in [3.63, 3.8) is 0 Å². The maximum atomic E-state index is 12.3. The molecule has 3 rings (SSSR count). The summed E-state index contributed by atoms with van der Waals surface area (Å²) in [5.74, 6) is 0. The number of aliphatic hydroxyl groups is 1. The van der Waals surface area contributed by atoms with Crippen molar-refractivity contribution in [2.24, 2.45) is 0 Å². The molecule has 0 atom stereocenters. The summed E-state index contributed by atoms with van der Waals surface area (Å²) in [6, 6.07) is 6.64. The summed E-state index contributed by atoms with van der Waals surface area (Å²) in [7, 11) is -3.56. The number of sulfonamides is 1. The van der Waals surface area contributed by atoms with Gasteiger partial charge in [0.15, 0.2) is 0 Å². The van der Waals surface area contributed by atoms with Crippen LogP contribution in [0.4, 0.5) is 0 Å². The Balaban J connectivity index is 1.99. The Morgan fingerprint density at radius 3 is 2.79 bits per heavy atom. The zero-order chi connectivity index (χ0) is 13.5. The van der Waals surface area contributed by atoms with Gasteiger partial charge in [-0.15, -0.1) is 0 Å². The summed E-state index contributed by atoms with van der Waals surface area (Å²) in [5.41, 5.74) is 0. The van der Waals surface area contributed by atoms with Gasteiger partial charge in [-0.2, -0.15) is 0 Å². The fourth-order valence-electron chi connectivity index (χ4n) is 2.29. The first-order valence-electron chi connectivity index (χ1n) is 6.09. The van der Waals surface area contributed by atoms with Crippen LogP contribution in [-0.2, 0) is 10.0 Å². The fraction of sp³-hybridized carbons (Fsp3) is 0.308. The molecule has 0 radical (unpaired) electrons. The van der Waals surface area contributed by atoms with Crippen LogP contribution < -0.4 is 4.72 Å². The molecule has 1 aliphatic rings. The van der Waals surface area contributed by atoms with Gasteiger partial charge in [-0.05, 0) is 25.0 Å². The first-order valence-corrected chi connectivity index (χ1v) is 7.58. The SMILES string of the molecule is O=S(=O)(NC1CC(O)C1)c1cccc2cnccc12. The lowest BCUT2D eigenvalue weighted by Gasteiger charge is -2.31. The number of benzene rings is 1. The lowest BCUT2D eigenvalue weighted by molar-refractivity contribution is 0.0712. The monoisotopic (exact) mass is 278 g/mol. The van der Waals surface area contributed by atoms with Crippen molar-refractivity contribution in [3.8, 4) is 0 Å². The van der Waals surface area contributed by atoms with Gasteiger partial charge in [0.25, 0.3) is 0 Å². The summed E-state index contributed by atoms with van der Waals surface area (Å²) < 4.78 is 27.3. The third kappa shape index (κ3) is 2.34. The molecule has 1 aromatic heterocycles. The van der Waals surface area contributed by atoms with Crippen LogP contribution in [0.3, 0.4) is 0 Å². The zero-order valence-corrected chi connectivity index (χ0v) is 11.0. The highest BCUT2D eigenvalue weighted by Crippen LogP contribution is 2.25. The maximum absolute atomic E-state index is 12.3. The number of aromatic nitrogens is 1. The van der Waals surface area contributed by atoms with Gasteiger partial charge in [0.05, 0.1) is 11.0 Å². The average molecular weight is 278 g/mol. The molecule has 1 aliphatic carbocycles. The third-order valence-corrected chi connectivity index (χ3v) is 4.94. The number of hydrogen-bond donors (Lipinski definition) is 2. The number of aliphatic hydroxyl groups excluding tert-OH is 1. The van der Waals surface area contributed by atoms with Gasteiger partial charge < -0.3 is 5.11 Å². The van der Waals surface area contributed by atoms with Crippen molar-refractivity contribution in [2.75, 3.05) is 0 Å². The molecule has 19 heavy (non-hydrogen) atoms. The molecule has 6 heteroatoms. The van der Waals surface area contributed by atoms with Crippen molar-refractivity contribution < 1.29 is 13.5 Å². The molecule has 1 fully saturated rings. The summed E-state index contributed by atoms with van der Waals surface area (Å²) in [6.45, 7) is 0. The largest absolute Gasteiger partial charge is 0.393 e. The van der Waals surface area contributed by atoms with Crippen molar-refractivity contribution >= 4 is 20.8 Å². The Bertz CT molecular complexity index is 703. The second-order valence-corrected chi connectivity index (χ2v) is 6.48. The molecule has 1 aromatic carbocycles. The molecule has 0 amide bonds. The normalized spacial score (nSPS) is 23.2. The van der Waals surface area contributed by atoms with E-state index in [0.29, 0.717) is 18.2 Å². The smallest absolute Gasteiger partial charge is 0.241 e. The van der Waals surface area contributed by atoms with Crippen LogP contribution >= 0.6 is 0 Å². The Morgan fingerprint density at radius 2 is 2.05 bits per heavy atom. The van der Waals surface area contributed by atoms with Crippen LogP contribution in [0.1, 0.15) is 12.8 Å². The molecular formula is C13H14N2O3S. The Morgan fingerprint density at radius 1 is 1.26 bits per heavy atom. The standard InChI is InChI=1S/C13H14N2O3S/c16-11-6-10(7-11)15-19(17,18)13-3-1-2-9-8-14-5-4-12(9)13/h1-5,8,10-11,15-16H,6-7H2. The Hall–Kier alpha value is -1.50. The van der Waals surface area contributed by atoms with Crippen molar-refractivity contribution in [2.45, 2.75) is 29.9 Å². The van der Waals surface area contributed by atoms with Crippen LogP contribution in [0.5, 0.6) is 0 Å². The molecule has 2 aromatic rings. The molecule has 0 bridgehead atoms. The topological polar surface area (TPSA) is 79.3 Å². The van der Waals surface area contributed by atoms with E-state index in [1.54, 1.807) is 30.6 Å². The molecular weight excluding hydrogens is 264 g/mol. The maximum Gasteiger partial charge on any atom is 0.241 e. The molecule has 0 aliphatic heterocycles. The minimum Gasteiger partial charge on any atom is -0.393 e. The lowest BCUT2D eigenvalue weighted by atomic mass is 9.91. The van der Waals surface area contributed by atoms with E-state index in [1.807, 2.05) is 6.07 Å². The quantitative estimate of drug-likeness (QED) is 0.879. The van der Waals surface area contributed by atoms with Gasteiger partial charge in [0.1, 0.15) is 0 Å². The molecule has 0 saturated heterocycles. The minimum absolute atomic E-state index is 0.169. The van der Waals surface area contributed by atoms with Gasteiger partial charge in [-0.25, -0.2) is 13.1 Å². The van der Waals surface area contributed by atoms with E-state index >= 15 is 0 Å². The predicted molar refractivity (Wildman–Crippen MR) is 71.1 cm³/mol. The van der Waals surface area contributed by atoms with Gasteiger partial charge >= 0.3 is 0 Å². The van der Waals surface area contributed by atoms with Crippen molar-refractivity contribution in [1.82, 2.24) is 9.71 Å². The Labute approximate surface area is 111 Å². The second kappa shape index (κ2) is 4.56. The number of pyridine rings is 1. The number of nitrogens with zero attached hydrogens (tertiary/aromatic N) is 1. The molecule has 1 saturated carbocycles. The first kappa shape index (κ1) is 12.5. The van der Waals surface area contributed by atoms with Crippen LogP contribution in [0.25, 0.3) is 10.8 Å². The van der Waals surface area contributed by atoms with Crippen molar-refractivity contribution in [1.29, 1.82) is 0 Å². The predicted octanol–water partition coefficient (Wildman–Crippen LogP) is 1.04. The van der Waals surface area contributed by atoms with E-state index in [2.05, 4.69) is 9.71 Å². The summed E-state index contributed by atoms with van der Waals surface area (Å²) in [4.78, 5) is 4.24. The van der Waals surface area contributed by atoms with Crippen LogP contribution in [0, 0.1) is 0 Å². The second-order valence-electron chi connectivity index (χ2n) is 4.80. The van der Waals surface area contributed by atoms with E-state index in [-0.39, 0.29) is 17.0 Å². The summed E-state index contributed by atoms with van der Waals surface area (Å²) in [6.07, 6.45) is 3.79. The van der Waals surface area contributed by atoms with E-state index < -0.39 is 10.0 Å². The number of nitrogens with one attached hydrogen (secondary N) is 1. The van der Waals surface area contributed by atoms with Gasteiger partial charge in [0, 0.05) is 29.2 Å². The molecule has 0 spiro atoms. The van der Waals surface area contributed by atoms with E-state index in [4.69, 9.17) is 0 Å². The van der Waals surface area contributed by atoms with E-state index in [0.717, 1.165) is 5.39 Å². The summed E-state index contributed by atoms with van der Waals surface area (Å²) >= 11 is 0. The van der Waals surface area contributed by atoms with Crippen LogP contribution in [0.15, 0.2) is 41.6 Å². The Kier molecular flexibility index (Phi) is 3.00. The van der Waals surface area contributed by atoms with Crippen LogP contribution in [0.2, 0.25) is 0 Å². The zero-order valence-electron chi connectivity index (χ0n) is 10.2. The number of rotatable bonds is 3. The molecule has 2 N–H and O–H groups in total. The highest BCUT2D eigenvalue weighted by atomic mass is 32.2. The first-order chi connectivity index (χ1) is 9.06. The number of hydrogen-bond acceptors (Lipinski definition) is 4. The minimum atomic E-state index is -3.56. The highest BCUT2D eigenvalue weighted by molar-refractivity contribution is 7.89. The highest BCUT2D eigenvalue weighted by Gasteiger charge is 2.31. The molecule has 5 nitrogen and oxygen atoms in total. The summed E-state index contributed by atoms with van der Waals surface area (Å²) in [5, 5.41) is 10.7. The number of fused-ring (bicyclic) bond motifs is 1. The van der Waals surface area contributed by atoms with Gasteiger partial charge in [-0.3, -0.25) is 4.98 Å². The lowest BCUT2D eigenvalue weighted by Crippen LogP contribution is -2.46. The van der Waals surface area contributed by atoms with Crippen LogP contribution in [-0.4, -0.2) is 30.7 Å². The molecule has 0 unspecified atom stereocenters. The van der Waals surface area contributed by atoms with Gasteiger partial charge in [0.2, 0.25) is 10.0 Å². The average Bonchev–Trinajstić information content (AvgIpc) is 2.36.